The van der Waals surface area contributed by atoms with Gasteiger partial charge in [-0.15, -0.1) is 0 Å². The SMILES string of the molecule is CCCCCCCCC/C(C)=N\NC(=O)C(=O)N/N=C(\C)CCCCCCCCC. The van der Waals surface area contributed by atoms with E-state index in [9.17, 15) is 9.59 Å². The average molecular weight is 423 g/mol. The second kappa shape index (κ2) is 20.5. The Morgan fingerprint density at radius 3 is 1.17 bits per heavy atom. The summed E-state index contributed by atoms with van der Waals surface area (Å²) in [6.07, 6.45) is 19.0. The third kappa shape index (κ3) is 18.3. The molecule has 0 unspecified atom stereocenters. The van der Waals surface area contributed by atoms with Gasteiger partial charge in [0.15, 0.2) is 0 Å². The van der Waals surface area contributed by atoms with Crippen molar-refractivity contribution in [1.82, 2.24) is 10.9 Å². The van der Waals surface area contributed by atoms with Gasteiger partial charge in [-0.3, -0.25) is 9.59 Å². The lowest BCUT2D eigenvalue weighted by atomic mass is 10.1. The zero-order valence-corrected chi connectivity index (χ0v) is 20.0. The first kappa shape index (κ1) is 28.3. The third-order valence-corrected chi connectivity index (χ3v) is 5.19. The second-order valence-corrected chi connectivity index (χ2v) is 8.32. The van der Waals surface area contributed by atoms with Crippen LogP contribution >= 0.6 is 0 Å². The number of rotatable bonds is 18. The Morgan fingerprint density at radius 2 is 0.833 bits per heavy atom. The predicted octanol–water partition coefficient (Wildman–Crippen LogP) is 6.25. The van der Waals surface area contributed by atoms with Crippen LogP contribution in [0, 0.1) is 0 Å². The Bertz CT molecular complexity index is 469. The minimum atomic E-state index is -0.776. The van der Waals surface area contributed by atoms with Crippen molar-refractivity contribution in [2.24, 2.45) is 10.2 Å². The van der Waals surface area contributed by atoms with Crippen LogP contribution in [0.1, 0.15) is 130 Å². The first-order chi connectivity index (χ1) is 14.5. The van der Waals surface area contributed by atoms with Gasteiger partial charge in [-0.2, -0.15) is 10.2 Å². The molecule has 174 valence electrons. The highest BCUT2D eigenvalue weighted by atomic mass is 16.2. The summed E-state index contributed by atoms with van der Waals surface area (Å²) in [5.41, 5.74) is 6.31. The fraction of sp³-hybridized carbons (Fsp3) is 0.833. The van der Waals surface area contributed by atoms with Crippen molar-refractivity contribution in [3.8, 4) is 0 Å². The van der Waals surface area contributed by atoms with E-state index in [0.29, 0.717) is 0 Å². The van der Waals surface area contributed by atoms with Crippen LogP contribution in [-0.4, -0.2) is 23.2 Å². The molecule has 0 radical (unpaired) electrons. The summed E-state index contributed by atoms with van der Waals surface area (Å²) in [5.74, 6) is -1.55. The molecule has 0 aromatic heterocycles. The average Bonchev–Trinajstić information content (AvgIpc) is 2.74. The second-order valence-electron chi connectivity index (χ2n) is 8.32. The topological polar surface area (TPSA) is 82.9 Å². The quantitative estimate of drug-likeness (QED) is 0.118. The van der Waals surface area contributed by atoms with Crippen LogP contribution < -0.4 is 10.9 Å². The van der Waals surface area contributed by atoms with Crippen LogP contribution in [0.15, 0.2) is 10.2 Å². The highest BCUT2D eigenvalue weighted by Gasteiger charge is 2.12. The Hall–Kier alpha value is -1.72. The molecule has 0 heterocycles. The van der Waals surface area contributed by atoms with Gasteiger partial charge >= 0.3 is 11.8 Å². The smallest absolute Gasteiger partial charge is 0.262 e. The van der Waals surface area contributed by atoms with Crippen molar-refractivity contribution in [3.63, 3.8) is 0 Å². The highest BCUT2D eigenvalue weighted by molar-refractivity contribution is 6.35. The van der Waals surface area contributed by atoms with Gasteiger partial charge in [0.05, 0.1) is 0 Å². The summed E-state index contributed by atoms with van der Waals surface area (Å²) in [7, 11) is 0. The fourth-order valence-corrected chi connectivity index (χ4v) is 3.18. The molecule has 2 amide bonds. The lowest BCUT2D eigenvalue weighted by molar-refractivity contribution is -0.139. The molecule has 0 rings (SSSR count). The minimum Gasteiger partial charge on any atom is -0.262 e. The van der Waals surface area contributed by atoms with E-state index >= 15 is 0 Å². The first-order valence-electron chi connectivity index (χ1n) is 12.2. The zero-order chi connectivity index (χ0) is 22.5. The standard InChI is InChI=1S/C24H46N4O2/c1-5-7-9-11-13-15-17-19-21(3)25-27-23(29)24(30)28-26-22(4)20-18-16-14-12-10-8-6-2/h5-20H2,1-4H3,(H,27,29)(H,28,30)/b25-21-,26-22+. The molecule has 6 nitrogen and oxygen atoms in total. The number of nitrogens with zero attached hydrogens (tertiary/aromatic N) is 2. The maximum Gasteiger partial charge on any atom is 0.331 e. The Balaban J connectivity index is 3.88. The van der Waals surface area contributed by atoms with Crippen molar-refractivity contribution in [3.05, 3.63) is 0 Å². The summed E-state index contributed by atoms with van der Waals surface area (Å²) in [6, 6.07) is 0. The Labute approximate surface area is 184 Å². The molecule has 30 heavy (non-hydrogen) atoms. The lowest BCUT2D eigenvalue weighted by Crippen LogP contribution is -2.36. The van der Waals surface area contributed by atoms with Crippen LogP contribution in [0.4, 0.5) is 0 Å². The van der Waals surface area contributed by atoms with Gasteiger partial charge in [0.1, 0.15) is 0 Å². The monoisotopic (exact) mass is 422 g/mol. The van der Waals surface area contributed by atoms with E-state index in [1.807, 2.05) is 13.8 Å². The molecular formula is C24H46N4O2. The number of unbranched alkanes of at least 4 members (excludes halogenated alkanes) is 12. The van der Waals surface area contributed by atoms with E-state index in [4.69, 9.17) is 0 Å². The molecule has 0 atom stereocenters. The van der Waals surface area contributed by atoms with Gasteiger partial charge < -0.3 is 0 Å². The third-order valence-electron chi connectivity index (χ3n) is 5.19. The zero-order valence-electron chi connectivity index (χ0n) is 20.0. The summed E-state index contributed by atoms with van der Waals surface area (Å²) < 4.78 is 0. The number of hydrogen-bond donors (Lipinski definition) is 2. The van der Waals surface area contributed by atoms with Gasteiger partial charge in [-0.1, -0.05) is 90.9 Å². The molecule has 0 spiro atoms. The van der Waals surface area contributed by atoms with Gasteiger partial charge in [-0.25, -0.2) is 10.9 Å². The molecule has 6 heteroatoms. The number of hydrazone groups is 2. The predicted molar refractivity (Wildman–Crippen MR) is 128 cm³/mol. The van der Waals surface area contributed by atoms with E-state index in [2.05, 4.69) is 34.9 Å². The lowest BCUT2D eigenvalue weighted by Gasteiger charge is -2.04. The van der Waals surface area contributed by atoms with Crippen molar-refractivity contribution < 1.29 is 9.59 Å². The van der Waals surface area contributed by atoms with E-state index in [0.717, 1.165) is 37.1 Å². The molecular weight excluding hydrogens is 376 g/mol. The Kier molecular flexibility index (Phi) is 19.4. The molecule has 0 aliphatic heterocycles. The maximum atomic E-state index is 11.8. The normalized spacial score (nSPS) is 12.1. The molecule has 0 aliphatic carbocycles. The summed E-state index contributed by atoms with van der Waals surface area (Å²) >= 11 is 0. The first-order valence-corrected chi connectivity index (χ1v) is 12.2. The van der Waals surface area contributed by atoms with Crippen molar-refractivity contribution >= 4 is 23.2 Å². The van der Waals surface area contributed by atoms with Gasteiger partial charge in [0.25, 0.3) is 0 Å². The molecule has 0 aromatic rings. The fourth-order valence-electron chi connectivity index (χ4n) is 3.18. The van der Waals surface area contributed by atoms with E-state index in [1.165, 1.54) is 77.0 Å². The number of nitrogens with one attached hydrogen (secondary N) is 2. The largest absolute Gasteiger partial charge is 0.331 e. The molecule has 2 N–H and O–H groups in total. The van der Waals surface area contributed by atoms with Crippen molar-refractivity contribution in [1.29, 1.82) is 0 Å². The van der Waals surface area contributed by atoms with Crippen LogP contribution in [0.3, 0.4) is 0 Å². The molecule has 0 saturated heterocycles. The maximum absolute atomic E-state index is 11.8. The molecule has 0 aliphatic rings. The van der Waals surface area contributed by atoms with Crippen LogP contribution in [0.25, 0.3) is 0 Å². The van der Waals surface area contributed by atoms with Gasteiger partial charge in [0.2, 0.25) is 0 Å². The van der Waals surface area contributed by atoms with E-state index in [1.54, 1.807) is 0 Å². The summed E-state index contributed by atoms with van der Waals surface area (Å²) in [5, 5.41) is 8.04. The van der Waals surface area contributed by atoms with E-state index < -0.39 is 11.8 Å². The van der Waals surface area contributed by atoms with Crippen LogP contribution in [-0.2, 0) is 9.59 Å². The van der Waals surface area contributed by atoms with Crippen molar-refractivity contribution in [2.75, 3.05) is 0 Å². The van der Waals surface area contributed by atoms with Gasteiger partial charge in [-0.05, 0) is 39.5 Å². The van der Waals surface area contributed by atoms with Crippen LogP contribution in [0.2, 0.25) is 0 Å². The molecule has 0 aromatic carbocycles. The van der Waals surface area contributed by atoms with Crippen molar-refractivity contribution in [2.45, 2.75) is 130 Å². The molecule has 0 bridgehead atoms. The number of amides is 2. The Morgan fingerprint density at radius 1 is 0.533 bits per heavy atom. The highest BCUT2D eigenvalue weighted by Crippen LogP contribution is 2.09. The summed E-state index contributed by atoms with van der Waals surface area (Å²) in [6.45, 7) is 8.19. The molecule has 0 fully saturated rings. The molecule has 0 saturated carbocycles. The number of carbonyl (C=O) groups excluding carboxylic acids is 2. The summed E-state index contributed by atoms with van der Waals surface area (Å²) in [4.78, 5) is 23.6. The number of hydrogen-bond acceptors (Lipinski definition) is 4. The van der Waals surface area contributed by atoms with E-state index in [-0.39, 0.29) is 0 Å². The van der Waals surface area contributed by atoms with Crippen LogP contribution in [0.5, 0.6) is 0 Å². The number of carbonyl (C=O) groups is 2. The minimum absolute atomic E-state index is 0.776. The van der Waals surface area contributed by atoms with Gasteiger partial charge in [0, 0.05) is 11.4 Å².